The lowest BCUT2D eigenvalue weighted by Gasteiger charge is -2.37. The van der Waals surface area contributed by atoms with Crippen LogP contribution in [0.5, 0.6) is 0 Å². The second-order valence-electron chi connectivity index (χ2n) is 12.8. The van der Waals surface area contributed by atoms with Crippen molar-refractivity contribution in [3.05, 3.63) is 176 Å². The van der Waals surface area contributed by atoms with Crippen LogP contribution >= 0.6 is 0 Å². The van der Waals surface area contributed by atoms with E-state index in [1.165, 1.54) is 33.3 Å². The van der Waals surface area contributed by atoms with Crippen molar-refractivity contribution in [2.24, 2.45) is 0 Å². The first-order valence-corrected chi connectivity index (χ1v) is 17.2. The molecule has 0 unspecified atom stereocenters. The molecular weight excluding hydrogens is 637 g/mol. The Morgan fingerprint density at radius 1 is 0.481 bits per heavy atom. The molecule has 4 aromatic carbocycles. The number of rotatable bonds is 5. The van der Waals surface area contributed by atoms with Crippen molar-refractivity contribution in [2.45, 2.75) is 0 Å². The van der Waals surface area contributed by atoms with Crippen molar-refractivity contribution in [2.75, 3.05) is 4.81 Å². The van der Waals surface area contributed by atoms with Gasteiger partial charge in [-0.2, -0.15) is 0 Å². The van der Waals surface area contributed by atoms with Gasteiger partial charge in [-0.05, 0) is 69.7 Å². The van der Waals surface area contributed by atoms with Crippen molar-refractivity contribution in [3.8, 4) is 56.4 Å². The molecule has 0 saturated heterocycles. The maximum absolute atomic E-state index is 4.96. The fourth-order valence-electron chi connectivity index (χ4n) is 7.30. The standard InChI is InChI=1S/C44H28BN7/c1-2-11-29(12-3-1)33-14-4-5-15-34(33)31-19-21-37-36(27-31)35-20-18-30-13-10-26-48-40(30)41(35)52-28-32(22-23-45(37)52)42-49-43(38-16-6-8-24-46-38)51-44(50-42)39-17-7-9-25-47-39/h1-28H. The minimum absolute atomic E-state index is 0.0652. The largest absolute Gasteiger partial charge is 0.381 e. The van der Waals surface area contributed by atoms with Crippen molar-refractivity contribution >= 4 is 34.5 Å². The van der Waals surface area contributed by atoms with E-state index in [2.05, 4.69) is 124 Å². The molecule has 0 spiro atoms. The van der Waals surface area contributed by atoms with E-state index in [0.29, 0.717) is 28.9 Å². The molecule has 0 radical (unpaired) electrons. The Bertz CT molecular complexity index is 2640. The predicted octanol–water partition coefficient (Wildman–Crippen LogP) is 8.71. The van der Waals surface area contributed by atoms with Gasteiger partial charge in [0.25, 0.3) is 0 Å². The zero-order chi connectivity index (χ0) is 34.4. The van der Waals surface area contributed by atoms with Crippen LogP contribution in [0.25, 0.3) is 72.9 Å². The molecule has 6 heterocycles. The van der Waals surface area contributed by atoms with Gasteiger partial charge in [-0.15, -0.1) is 0 Å². The summed E-state index contributed by atoms with van der Waals surface area (Å²) in [4.78, 5) is 31.1. The van der Waals surface area contributed by atoms with Crippen molar-refractivity contribution < 1.29 is 0 Å². The highest BCUT2D eigenvalue weighted by Crippen LogP contribution is 2.44. The van der Waals surface area contributed by atoms with Gasteiger partial charge in [0, 0.05) is 41.3 Å². The van der Waals surface area contributed by atoms with E-state index in [4.69, 9.17) is 19.9 Å². The van der Waals surface area contributed by atoms with Crippen molar-refractivity contribution in [1.82, 2.24) is 29.9 Å². The van der Waals surface area contributed by atoms with Gasteiger partial charge in [-0.25, -0.2) is 15.0 Å². The average molecular weight is 666 g/mol. The summed E-state index contributed by atoms with van der Waals surface area (Å²) < 4.78 is 0. The lowest BCUT2D eigenvalue weighted by molar-refractivity contribution is 1.01. The third kappa shape index (κ3) is 5.08. The zero-order valence-electron chi connectivity index (χ0n) is 27.9. The summed E-state index contributed by atoms with van der Waals surface area (Å²) in [5.74, 6) is 3.76. The highest BCUT2D eigenvalue weighted by atomic mass is 15.1. The third-order valence-electron chi connectivity index (χ3n) is 9.71. The number of hydrogen-bond donors (Lipinski definition) is 0. The lowest BCUT2D eigenvalue weighted by Crippen LogP contribution is -2.49. The molecule has 242 valence electrons. The van der Waals surface area contributed by atoms with E-state index in [9.17, 15) is 0 Å². The van der Waals surface area contributed by atoms with Gasteiger partial charge in [-0.1, -0.05) is 109 Å². The smallest absolute Gasteiger partial charge is 0.320 e. The average Bonchev–Trinajstić information content (AvgIpc) is 3.24. The molecule has 7 nitrogen and oxygen atoms in total. The molecule has 0 aliphatic carbocycles. The number of hydrogen-bond acceptors (Lipinski definition) is 7. The highest BCUT2D eigenvalue weighted by molar-refractivity contribution is 6.84. The van der Waals surface area contributed by atoms with Crippen molar-refractivity contribution in [3.63, 3.8) is 0 Å². The number of fused-ring (bicyclic) bond motifs is 8. The lowest BCUT2D eigenvalue weighted by atomic mass is 9.49. The summed E-state index contributed by atoms with van der Waals surface area (Å²) in [5.41, 5.74) is 12.5. The van der Waals surface area contributed by atoms with Crippen LogP contribution in [0.1, 0.15) is 5.82 Å². The topological polar surface area (TPSA) is 80.6 Å². The summed E-state index contributed by atoms with van der Waals surface area (Å²) in [5, 5.41) is 1.08. The Hall–Kier alpha value is -7.06. The molecule has 0 saturated carbocycles. The van der Waals surface area contributed by atoms with Gasteiger partial charge in [-0.3, -0.25) is 15.0 Å². The SMILES string of the molecule is C1=CC(c2nc(-c3ccccn3)nc(-c3ccccn3)n2)=CN2B1c1ccc(-c3ccccc3-c3ccccc3)cc1-c1ccc3cccnc3c12. The summed E-state index contributed by atoms with van der Waals surface area (Å²) in [6.07, 6.45) is 9.63. The van der Waals surface area contributed by atoms with Crippen LogP contribution in [0.4, 0.5) is 5.69 Å². The van der Waals surface area contributed by atoms with Gasteiger partial charge in [0.15, 0.2) is 17.5 Å². The molecule has 8 aromatic rings. The maximum atomic E-state index is 4.96. The van der Waals surface area contributed by atoms with Gasteiger partial charge in [0.05, 0.1) is 11.2 Å². The highest BCUT2D eigenvalue weighted by Gasteiger charge is 2.36. The summed E-state index contributed by atoms with van der Waals surface area (Å²) in [6, 6.07) is 46.1. The Kier molecular flexibility index (Phi) is 7.09. The molecule has 0 fully saturated rings. The normalized spacial score (nSPS) is 13.0. The molecule has 0 bridgehead atoms. The fourth-order valence-corrected chi connectivity index (χ4v) is 7.30. The Labute approximate surface area is 300 Å². The Morgan fingerprint density at radius 3 is 1.88 bits per heavy atom. The zero-order valence-corrected chi connectivity index (χ0v) is 27.9. The molecule has 4 aromatic heterocycles. The quantitative estimate of drug-likeness (QED) is 0.170. The number of nitrogens with zero attached hydrogens (tertiary/aromatic N) is 7. The Morgan fingerprint density at radius 2 is 1.15 bits per heavy atom. The van der Waals surface area contributed by atoms with Gasteiger partial charge in [0.1, 0.15) is 11.4 Å². The number of benzene rings is 4. The van der Waals surface area contributed by atoms with Crippen LogP contribution in [0, 0.1) is 0 Å². The summed E-state index contributed by atoms with van der Waals surface area (Å²) in [7, 11) is 0. The molecule has 0 atom stereocenters. The first-order chi connectivity index (χ1) is 25.8. The van der Waals surface area contributed by atoms with E-state index in [1.54, 1.807) is 12.4 Å². The second kappa shape index (κ2) is 12.4. The van der Waals surface area contributed by atoms with Crippen LogP contribution in [0.15, 0.2) is 170 Å². The molecular formula is C44H28BN7. The van der Waals surface area contributed by atoms with Crippen molar-refractivity contribution in [1.29, 1.82) is 0 Å². The number of allylic oxidation sites excluding steroid dienone is 2. The van der Waals surface area contributed by atoms with E-state index in [0.717, 1.165) is 27.7 Å². The molecule has 0 N–H and O–H groups in total. The monoisotopic (exact) mass is 665 g/mol. The Balaban J connectivity index is 1.14. The molecule has 52 heavy (non-hydrogen) atoms. The fraction of sp³-hybridized carbons (Fsp3) is 0. The van der Waals surface area contributed by atoms with E-state index < -0.39 is 0 Å². The van der Waals surface area contributed by atoms with E-state index in [-0.39, 0.29) is 6.85 Å². The first-order valence-electron chi connectivity index (χ1n) is 17.2. The van der Waals surface area contributed by atoms with Crippen LogP contribution < -0.4 is 10.3 Å². The summed E-state index contributed by atoms with van der Waals surface area (Å²) in [6.45, 7) is -0.0652. The van der Waals surface area contributed by atoms with Gasteiger partial charge >= 0.3 is 6.85 Å². The molecule has 0 amide bonds. The maximum Gasteiger partial charge on any atom is 0.320 e. The predicted molar refractivity (Wildman–Crippen MR) is 209 cm³/mol. The van der Waals surface area contributed by atoms with E-state index >= 15 is 0 Å². The number of aromatic nitrogens is 6. The number of pyridine rings is 3. The molecule has 8 heteroatoms. The van der Waals surface area contributed by atoms with Crippen LogP contribution in [-0.4, -0.2) is 36.8 Å². The molecule has 10 rings (SSSR count). The van der Waals surface area contributed by atoms with Gasteiger partial charge < -0.3 is 4.81 Å². The second-order valence-corrected chi connectivity index (χ2v) is 12.8. The van der Waals surface area contributed by atoms with E-state index in [1.807, 2.05) is 48.7 Å². The molecule has 2 aliphatic rings. The van der Waals surface area contributed by atoms with Gasteiger partial charge in [0.2, 0.25) is 0 Å². The summed E-state index contributed by atoms with van der Waals surface area (Å²) >= 11 is 0. The third-order valence-corrected chi connectivity index (χ3v) is 9.71. The minimum Gasteiger partial charge on any atom is -0.381 e. The first kappa shape index (κ1) is 29.8. The van der Waals surface area contributed by atoms with Crippen LogP contribution in [0.3, 0.4) is 0 Å². The number of anilines is 1. The minimum atomic E-state index is -0.0652. The molecule has 2 aliphatic heterocycles. The van der Waals surface area contributed by atoms with Crippen LogP contribution in [-0.2, 0) is 0 Å². The van der Waals surface area contributed by atoms with Crippen LogP contribution in [0.2, 0.25) is 0 Å².